The van der Waals surface area contributed by atoms with Crippen LogP contribution in [0.4, 0.5) is 0 Å². The van der Waals surface area contributed by atoms with Crippen LogP contribution >= 0.6 is 0 Å². The van der Waals surface area contributed by atoms with Crippen LogP contribution in [0.1, 0.15) is 23.8 Å². The molecule has 0 unspecified atom stereocenters. The standard InChI is InChI=1S/C20H20N4O3/c1-26-17-5-3-2-4-16(17)20-22-18(27-23-20)6-7-19(25)24-12-15(13-24)14-8-10-21-11-9-14/h2-5,8-11,15H,6-7,12-13H2,1H3. The quantitative estimate of drug-likeness (QED) is 0.669. The van der Waals surface area contributed by atoms with Gasteiger partial charge in [-0.1, -0.05) is 17.3 Å². The fraction of sp³-hybridized carbons (Fsp3) is 0.300. The third-order valence-electron chi connectivity index (χ3n) is 4.78. The molecule has 3 heterocycles. The van der Waals surface area contributed by atoms with Crippen LogP contribution in [0.5, 0.6) is 5.75 Å². The maximum absolute atomic E-state index is 12.4. The van der Waals surface area contributed by atoms with Crippen LogP contribution in [0.15, 0.2) is 53.3 Å². The molecule has 4 rings (SSSR count). The molecule has 0 N–H and O–H groups in total. The molecule has 0 bridgehead atoms. The summed E-state index contributed by atoms with van der Waals surface area (Å²) in [6, 6.07) is 11.5. The zero-order valence-corrected chi connectivity index (χ0v) is 15.0. The van der Waals surface area contributed by atoms with Crippen molar-refractivity contribution in [1.82, 2.24) is 20.0 Å². The number of para-hydroxylation sites is 1. The van der Waals surface area contributed by atoms with Gasteiger partial charge in [0, 0.05) is 44.2 Å². The largest absolute Gasteiger partial charge is 0.496 e. The Kier molecular flexibility index (Phi) is 4.82. The molecule has 1 aliphatic rings. The molecule has 1 saturated heterocycles. The first kappa shape index (κ1) is 17.2. The molecule has 1 amide bonds. The summed E-state index contributed by atoms with van der Waals surface area (Å²) in [5.74, 6) is 2.12. The van der Waals surface area contributed by atoms with Crippen LogP contribution in [0.3, 0.4) is 0 Å². The smallest absolute Gasteiger partial charge is 0.227 e. The normalized spacial score (nSPS) is 14.0. The molecule has 0 atom stereocenters. The number of aryl methyl sites for hydroxylation is 1. The molecule has 0 saturated carbocycles. The second-order valence-corrected chi connectivity index (χ2v) is 6.49. The van der Waals surface area contributed by atoms with E-state index in [1.165, 1.54) is 5.56 Å². The Hall–Kier alpha value is -3.22. The maximum atomic E-state index is 12.4. The molecule has 0 radical (unpaired) electrons. The predicted molar refractivity (Wildman–Crippen MR) is 98.2 cm³/mol. The first-order valence-electron chi connectivity index (χ1n) is 8.88. The summed E-state index contributed by atoms with van der Waals surface area (Å²) in [7, 11) is 1.60. The van der Waals surface area contributed by atoms with Gasteiger partial charge < -0.3 is 14.2 Å². The minimum atomic E-state index is 0.109. The first-order valence-corrected chi connectivity index (χ1v) is 8.88. The lowest BCUT2D eigenvalue weighted by atomic mass is 9.92. The van der Waals surface area contributed by atoms with Gasteiger partial charge in [-0.05, 0) is 29.8 Å². The number of hydrogen-bond donors (Lipinski definition) is 0. The topological polar surface area (TPSA) is 81.4 Å². The molecular formula is C20H20N4O3. The third-order valence-corrected chi connectivity index (χ3v) is 4.78. The average molecular weight is 364 g/mol. The Labute approximate surface area is 157 Å². The van der Waals surface area contributed by atoms with Gasteiger partial charge in [0.05, 0.1) is 12.7 Å². The Morgan fingerprint density at radius 3 is 2.78 bits per heavy atom. The van der Waals surface area contributed by atoms with Crippen molar-refractivity contribution in [1.29, 1.82) is 0 Å². The van der Waals surface area contributed by atoms with E-state index in [4.69, 9.17) is 9.26 Å². The third kappa shape index (κ3) is 3.67. The highest BCUT2D eigenvalue weighted by Crippen LogP contribution is 2.28. The molecule has 138 valence electrons. The van der Waals surface area contributed by atoms with Crippen molar-refractivity contribution in [2.45, 2.75) is 18.8 Å². The summed E-state index contributed by atoms with van der Waals surface area (Å²) in [6.45, 7) is 1.50. The number of ether oxygens (including phenoxy) is 1. The van der Waals surface area contributed by atoms with Crippen LogP contribution in [-0.4, -0.2) is 46.1 Å². The van der Waals surface area contributed by atoms with E-state index in [1.807, 2.05) is 41.3 Å². The van der Waals surface area contributed by atoms with E-state index in [-0.39, 0.29) is 5.91 Å². The molecule has 0 spiro atoms. The number of amides is 1. The molecule has 0 aliphatic carbocycles. The van der Waals surface area contributed by atoms with Crippen LogP contribution < -0.4 is 4.74 Å². The minimum absolute atomic E-state index is 0.109. The van der Waals surface area contributed by atoms with E-state index < -0.39 is 0 Å². The molecule has 1 fully saturated rings. The van der Waals surface area contributed by atoms with Gasteiger partial charge in [0.25, 0.3) is 0 Å². The molecule has 3 aromatic rings. The van der Waals surface area contributed by atoms with Crippen molar-refractivity contribution in [3.63, 3.8) is 0 Å². The average Bonchev–Trinajstić information content (AvgIpc) is 3.15. The fourth-order valence-corrected chi connectivity index (χ4v) is 3.20. The summed E-state index contributed by atoms with van der Waals surface area (Å²) in [4.78, 5) is 22.6. The van der Waals surface area contributed by atoms with Crippen molar-refractivity contribution in [2.75, 3.05) is 20.2 Å². The van der Waals surface area contributed by atoms with E-state index in [0.717, 1.165) is 18.7 Å². The number of methoxy groups -OCH3 is 1. The summed E-state index contributed by atoms with van der Waals surface area (Å²) in [6.07, 6.45) is 4.36. The van der Waals surface area contributed by atoms with Gasteiger partial charge >= 0.3 is 0 Å². The van der Waals surface area contributed by atoms with Crippen LogP contribution in [0.25, 0.3) is 11.4 Å². The number of benzene rings is 1. The summed E-state index contributed by atoms with van der Waals surface area (Å²) in [5.41, 5.74) is 2.00. The van der Waals surface area contributed by atoms with Gasteiger partial charge in [-0.25, -0.2) is 0 Å². The highest BCUT2D eigenvalue weighted by atomic mass is 16.5. The van der Waals surface area contributed by atoms with E-state index in [0.29, 0.717) is 36.2 Å². The molecule has 1 aliphatic heterocycles. The molecular weight excluding hydrogens is 344 g/mol. The van der Waals surface area contributed by atoms with Gasteiger partial charge in [-0.3, -0.25) is 9.78 Å². The summed E-state index contributed by atoms with van der Waals surface area (Å²) >= 11 is 0. The van der Waals surface area contributed by atoms with Crippen LogP contribution in [0, 0.1) is 0 Å². The van der Waals surface area contributed by atoms with Crippen molar-refractivity contribution < 1.29 is 14.1 Å². The molecule has 27 heavy (non-hydrogen) atoms. The zero-order valence-electron chi connectivity index (χ0n) is 15.0. The second kappa shape index (κ2) is 7.57. The Bertz CT molecular complexity index is 920. The monoisotopic (exact) mass is 364 g/mol. The highest BCUT2D eigenvalue weighted by Gasteiger charge is 2.31. The van der Waals surface area contributed by atoms with Crippen molar-refractivity contribution in [2.24, 2.45) is 0 Å². The maximum Gasteiger partial charge on any atom is 0.227 e. The summed E-state index contributed by atoms with van der Waals surface area (Å²) < 4.78 is 10.6. The predicted octanol–water partition coefficient (Wildman–Crippen LogP) is 2.70. The number of carbonyl (C=O) groups is 1. The lowest BCUT2D eigenvalue weighted by molar-refractivity contribution is -0.135. The molecule has 1 aromatic carbocycles. The lowest BCUT2D eigenvalue weighted by Gasteiger charge is -2.39. The minimum Gasteiger partial charge on any atom is -0.496 e. The highest BCUT2D eigenvalue weighted by molar-refractivity contribution is 5.77. The van der Waals surface area contributed by atoms with Crippen molar-refractivity contribution in [3.8, 4) is 17.1 Å². The number of likely N-dealkylation sites (tertiary alicyclic amines) is 1. The summed E-state index contributed by atoms with van der Waals surface area (Å²) in [5, 5.41) is 4.01. The number of hydrogen-bond acceptors (Lipinski definition) is 6. The van der Waals surface area contributed by atoms with Crippen LogP contribution in [0.2, 0.25) is 0 Å². The Morgan fingerprint density at radius 1 is 1.22 bits per heavy atom. The molecule has 7 nitrogen and oxygen atoms in total. The number of pyridine rings is 1. The Morgan fingerprint density at radius 2 is 2.00 bits per heavy atom. The van der Waals surface area contributed by atoms with Gasteiger partial charge in [-0.2, -0.15) is 4.98 Å². The SMILES string of the molecule is COc1ccccc1-c1noc(CCC(=O)N2CC(c3ccncc3)C2)n1. The zero-order chi connectivity index (χ0) is 18.6. The van der Waals surface area contributed by atoms with E-state index in [1.54, 1.807) is 19.5 Å². The molecule has 7 heteroatoms. The van der Waals surface area contributed by atoms with Gasteiger partial charge in [-0.15, -0.1) is 0 Å². The first-order chi connectivity index (χ1) is 13.2. The van der Waals surface area contributed by atoms with Crippen LogP contribution in [-0.2, 0) is 11.2 Å². The second-order valence-electron chi connectivity index (χ2n) is 6.49. The van der Waals surface area contributed by atoms with Gasteiger partial charge in [0.15, 0.2) is 0 Å². The molecule has 2 aromatic heterocycles. The van der Waals surface area contributed by atoms with Gasteiger partial charge in [0.2, 0.25) is 17.6 Å². The number of carbonyl (C=O) groups excluding carboxylic acids is 1. The number of nitrogens with zero attached hydrogens (tertiary/aromatic N) is 4. The van der Waals surface area contributed by atoms with E-state index in [9.17, 15) is 4.79 Å². The van der Waals surface area contributed by atoms with E-state index in [2.05, 4.69) is 15.1 Å². The van der Waals surface area contributed by atoms with E-state index >= 15 is 0 Å². The number of rotatable bonds is 6. The lowest BCUT2D eigenvalue weighted by Crippen LogP contribution is -2.48. The van der Waals surface area contributed by atoms with Gasteiger partial charge in [0.1, 0.15) is 5.75 Å². The number of aromatic nitrogens is 3. The Balaban J connectivity index is 1.31. The fourth-order valence-electron chi connectivity index (χ4n) is 3.20. The van der Waals surface area contributed by atoms with Crippen molar-refractivity contribution >= 4 is 5.91 Å². The van der Waals surface area contributed by atoms with Crippen molar-refractivity contribution in [3.05, 3.63) is 60.2 Å².